The van der Waals surface area contributed by atoms with Crippen LogP contribution in [0.2, 0.25) is 0 Å². The molecule has 2 N–H and O–H groups in total. The van der Waals surface area contributed by atoms with Crippen molar-refractivity contribution in [3.63, 3.8) is 0 Å². The van der Waals surface area contributed by atoms with Gasteiger partial charge in [-0.25, -0.2) is 9.97 Å². The number of phenolic OH excluding ortho intramolecular Hbond substituents is 1. The number of hydrogen-bond donors (Lipinski definition) is 2. The average molecular weight is 266 g/mol. The second-order valence-electron chi connectivity index (χ2n) is 4.69. The highest BCUT2D eigenvalue weighted by Crippen LogP contribution is 2.26. The van der Waals surface area contributed by atoms with E-state index in [0.717, 1.165) is 33.7 Å². The zero-order valence-corrected chi connectivity index (χ0v) is 11.3. The first kappa shape index (κ1) is 12.3. The van der Waals surface area contributed by atoms with Crippen molar-refractivity contribution in [3.8, 4) is 5.75 Å². The lowest BCUT2D eigenvalue weighted by Crippen LogP contribution is -1.97. The molecule has 100 valence electrons. The maximum absolute atomic E-state index is 9.56. The zero-order valence-electron chi connectivity index (χ0n) is 11.3. The van der Waals surface area contributed by atoms with E-state index >= 15 is 0 Å². The van der Waals surface area contributed by atoms with E-state index in [1.54, 1.807) is 12.3 Å². The van der Waals surface area contributed by atoms with E-state index in [-0.39, 0.29) is 5.75 Å². The number of anilines is 2. The maximum atomic E-state index is 9.56. The van der Waals surface area contributed by atoms with Gasteiger partial charge >= 0.3 is 0 Å². The average Bonchev–Trinajstić information content (AvgIpc) is 2.44. The van der Waals surface area contributed by atoms with Crippen LogP contribution in [0.3, 0.4) is 0 Å². The molecule has 3 aromatic rings. The number of fused-ring (bicyclic) bond motifs is 1. The van der Waals surface area contributed by atoms with Crippen LogP contribution in [-0.4, -0.2) is 20.1 Å². The Kier molecular flexibility index (Phi) is 2.95. The summed E-state index contributed by atoms with van der Waals surface area (Å²) in [4.78, 5) is 12.7. The SMILES string of the molecule is Cc1cc2c(Nc3ccc(O)c(C)c3)ncnc2cn1. The van der Waals surface area contributed by atoms with Crippen molar-refractivity contribution in [2.75, 3.05) is 5.32 Å². The van der Waals surface area contributed by atoms with Crippen molar-refractivity contribution in [3.05, 3.63) is 48.0 Å². The molecule has 0 atom stereocenters. The standard InChI is InChI=1S/C15H14N4O/c1-9-5-11(3-4-14(9)20)19-15-12-6-10(2)16-7-13(12)17-8-18-15/h3-8,20H,1-2H3,(H,17,18,19). The molecule has 0 unspecified atom stereocenters. The Labute approximate surface area is 116 Å². The molecule has 0 fully saturated rings. The van der Waals surface area contributed by atoms with Gasteiger partial charge in [0, 0.05) is 16.8 Å². The van der Waals surface area contributed by atoms with Crippen molar-refractivity contribution < 1.29 is 5.11 Å². The Morgan fingerprint density at radius 2 is 1.90 bits per heavy atom. The fourth-order valence-electron chi connectivity index (χ4n) is 2.03. The number of aromatic hydroxyl groups is 1. The molecule has 20 heavy (non-hydrogen) atoms. The number of phenols is 1. The summed E-state index contributed by atoms with van der Waals surface area (Å²) in [6, 6.07) is 7.29. The number of nitrogens with one attached hydrogen (secondary N) is 1. The number of hydrogen-bond acceptors (Lipinski definition) is 5. The first-order chi connectivity index (χ1) is 9.63. The van der Waals surface area contributed by atoms with E-state index in [1.807, 2.05) is 32.0 Å². The molecule has 0 saturated carbocycles. The second-order valence-corrected chi connectivity index (χ2v) is 4.69. The highest BCUT2D eigenvalue weighted by molar-refractivity contribution is 5.90. The lowest BCUT2D eigenvalue weighted by Gasteiger charge is -2.09. The van der Waals surface area contributed by atoms with Crippen molar-refractivity contribution >= 4 is 22.4 Å². The van der Waals surface area contributed by atoms with E-state index in [2.05, 4.69) is 20.3 Å². The summed E-state index contributed by atoms with van der Waals surface area (Å²) < 4.78 is 0. The highest BCUT2D eigenvalue weighted by atomic mass is 16.3. The smallest absolute Gasteiger partial charge is 0.141 e. The molecule has 0 spiro atoms. The minimum Gasteiger partial charge on any atom is -0.508 e. The Bertz CT molecular complexity index is 786. The molecule has 0 saturated heterocycles. The zero-order chi connectivity index (χ0) is 14.1. The lowest BCUT2D eigenvalue weighted by molar-refractivity contribution is 0.471. The van der Waals surface area contributed by atoms with Gasteiger partial charge in [-0.05, 0) is 43.7 Å². The van der Waals surface area contributed by atoms with E-state index < -0.39 is 0 Å². The molecule has 0 aliphatic heterocycles. The van der Waals surface area contributed by atoms with Gasteiger partial charge < -0.3 is 10.4 Å². The Morgan fingerprint density at radius 3 is 2.70 bits per heavy atom. The molecule has 5 heteroatoms. The van der Waals surface area contributed by atoms with Gasteiger partial charge in [-0.15, -0.1) is 0 Å². The van der Waals surface area contributed by atoms with Crippen molar-refractivity contribution in [2.24, 2.45) is 0 Å². The molecular weight excluding hydrogens is 252 g/mol. The first-order valence-electron chi connectivity index (χ1n) is 6.27. The van der Waals surface area contributed by atoms with Gasteiger partial charge in [-0.1, -0.05) is 0 Å². The molecule has 1 aromatic carbocycles. The minimum atomic E-state index is 0.281. The highest BCUT2D eigenvalue weighted by Gasteiger charge is 2.06. The van der Waals surface area contributed by atoms with Gasteiger partial charge in [-0.2, -0.15) is 0 Å². The fraction of sp³-hybridized carbons (Fsp3) is 0.133. The molecule has 3 rings (SSSR count). The molecule has 0 aliphatic rings. The maximum Gasteiger partial charge on any atom is 0.141 e. The fourth-order valence-corrected chi connectivity index (χ4v) is 2.03. The van der Waals surface area contributed by atoms with Crippen LogP contribution in [0, 0.1) is 13.8 Å². The minimum absolute atomic E-state index is 0.281. The van der Waals surface area contributed by atoms with Crippen LogP contribution in [0.4, 0.5) is 11.5 Å². The van der Waals surface area contributed by atoms with Gasteiger partial charge in [0.1, 0.15) is 17.9 Å². The third kappa shape index (κ3) is 2.25. The number of aryl methyl sites for hydroxylation is 2. The van der Waals surface area contributed by atoms with Gasteiger partial charge in [0.15, 0.2) is 0 Å². The van der Waals surface area contributed by atoms with E-state index in [4.69, 9.17) is 0 Å². The van der Waals surface area contributed by atoms with Crippen LogP contribution >= 0.6 is 0 Å². The van der Waals surface area contributed by atoms with Crippen molar-refractivity contribution in [1.29, 1.82) is 0 Å². The lowest BCUT2D eigenvalue weighted by atomic mass is 10.2. The summed E-state index contributed by atoms with van der Waals surface area (Å²) in [5.74, 6) is 1.01. The van der Waals surface area contributed by atoms with Crippen LogP contribution in [0.15, 0.2) is 36.8 Å². The van der Waals surface area contributed by atoms with Crippen LogP contribution in [0.25, 0.3) is 10.9 Å². The van der Waals surface area contributed by atoms with E-state index in [9.17, 15) is 5.11 Å². The monoisotopic (exact) mass is 266 g/mol. The summed E-state index contributed by atoms with van der Waals surface area (Å²) >= 11 is 0. The number of rotatable bonds is 2. The first-order valence-corrected chi connectivity index (χ1v) is 6.27. The largest absolute Gasteiger partial charge is 0.508 e. The number of nitrogens with zero attached hydrogens (tertiary/aromatic N) is 3. The van der Waals surface area contributed by atoms with Crippen molar-refractivity contribution in [2.45, 2.75) is 13.8 Å². The molecular formula is C15H14N4O. The quantitative estimate of drug-likeness (QED) is 0.697. The Morgan fingerprint density at radius 1 is 1.05 bits per heavy atom. The predicted octanol–water partition coefficient (Wildman–Crippen LogP) is 3.09. The van der Waals surface area contributed by atoms with Crippen molar-refractivity contribution in [1.82, 2.24) is 15.0 Å². The molecule has 0 aliphatic carbocycles. The summed E-state index contributed by atoms with van der Waals surface area (Å²) in [6.45, 7) is 3.79. The van der Waals surface area contributed by atoms with E-state index in [0.29, 0.717) is 0 Å². The molecule has 2 heterocycles. The number of pyridine rings is 1. The summed E-state index contributed by atoms with van der Waals surface area (Å²) in [5, 5.41) is 13.7. The van der Waals surface area contributed by atoms with Gasteiger partial charge in [-0.3, -0.25) is 4.98 Å². The van der Waals surface area contributed by atoms with Gasteiger partial charge in [0.2, 0.25) is 0 Å². The van der Waals surface area contributed by atoms with Crippen LogP contribution in [0.5, 0.6) is 5.75 Å². The number of benzene rings is 1. The normalized spacial score (nSPS) is 10.7. The third-order valence-electron chi connectivity index (χ3n) is 3.12. The second kappa shape index (κ2) is 4.77. The van der Waals surface area contributed by atoms with Crippen LogP contribution in [-0.2, 0) is 0 Å². The summed E-state index contributed by atoms with van der Waals surface area (Å²) in [5.41, 5.74) is 3.39. The third-order valence-corrected chi connectivity index (χ3v) is 3.12. The van der Waals surface area contributed by atoms with Gasteiger partial charge in [0.25, 0.3) is 0 Å². The summed E-state index contributed by atoms with van der Waals surface area (Å²) in [7, 11) is 0. The molecule has 0 radical (unpaired) electrons. The van der Waals surface area contributed by atoms with Gasteiger partial charge in [0.05, 0.1) is 11.7 Å². The molecule has 0 bridgehead atoms. The number of aromatic nitrogens is 3. The Hall–Kier alpha value is -2.69. The van der Waals surface area contributed by atoms with Crippen LogP contribution < -0.4 is 5.32 Å². The molecule has 2 aromatic heterocycles. The van der Waals surface area contributed by atoms with Crippen LogP contribution in [0.1, 0.15) is 11.3 Å². The summed E-state index contributed by atoms with van der Waals surface area (Å²) in [6.07, 6.45) is 3.24. The predicted molar refractivity (Wildman–Crippen MR) is 78.2 cm³/mol. The molecule has 0 amide bonds. The van der Waals surface area contributed by atoms with E-state index in [1.165, 1.54) is 6.33 Å². The topological polar surface area (TPSA) is 70.9 Å². The molecule has 5 nitrogen and oxygen atoms in total. The Balaban J connectivity index is 2.05.